The predicted molar refractivity (Wildman–Crippen MR) is 132 cm³/mol. The van der Waals surface area contributed by atoms with E-state index in [1.807, 2.05) is 12.3 Å². The van der Waals surface area contributed by atoms with Gasteiger partial charge in [-0.05, 0) is 37.9 Å². The number of pyridine rings is 1. The van der Waals surface area contributed by atoms with Crippen LogP contribution in [-0.4, -0.2) is 81.3 Å². The van der Waals surface area contributed by atoms with Crippen LogP contribution >= 0.6 is 0 Å². The van der Waals surface area contributed by atoms with Crippen LogP contribution in [0.1, 0.15) is 45.1 Å². The van der Waals surface area contributed by atoms with Gasteiger partial charge >= 0.3 is 0 Å². The molecule has 1 saturated carbocycles. The molecule has 4 heterocycles. The Morgan fingerprint density at radius 3 is 2.49 bits per heavy atom. The third-order valence-corrected chi connectivity index (χ3v) is 7.11. The first-order chi connectivity index (χ1) is 17.0. The number of hydrogen-bond donors (Lipinski definition) is 1. The summed E-state index contributed by atoms with van der Waals surface area (Å²) in [6.07, 6.45) is 6.15. The fourth-order valence-electron chi connectivity index (χ4n) is 5.09. The molecule has 2 aromatic heterocycles. The van der Waals surface area contributed by atoms with Crippen molar-refractivity contribution >= 4 is 29.3 Å². The quantitative estimate of drug-likeness (QED) is 0.600. The monoisotopic (exact) mass is 479 g/mol. The molecule has 1 saturated heterocycles. The standard InChI is InChI=1S/C25H33N7O3/c1-3-30-10-12-31(13-11-30)16-18-8-9-21(26-14-18)28-25-27-15-20-23(29-25)32(19-6-4-5-7-19)24(34)22(35-20)17(2)33/h8-9,14-15,19,22H,3-7,10-13,16H2,1-2H3,(H,26,27,28,29). The van der Waals surface area contributed by atoms with Crippen molar-refractivity contribution in [2.75, 3.05) is 42.9 Å². The molecular formula is C25H33N7O3. The smallest absolute Gasteiger partial charge is 0.277 e. The summed E-state index contributed by atoms with van der Waals surface area (Å²) in [5, 5.41) is 3.14. The Bertz CT molecular complexity index is 1060. The van der Waals surface area contributed by atoms with Gasteiger partial charge < -0.3 is 15.0 Å². The van der Waals surface area contributed by atoms with E-state index >= 15 is 0 Å². The van der Waals surface area contributed by atoms with Gasteiger partial charge in [0, 0.05) is 45.0 Å². The maximum Gasteiger partial charge on any atom is 0.277 e. The maximum absolute atomic E-state index is 13.1. The number of amides is 1. The van der Waals surface area contributed by atoms with E-state index in [0.717, 1.165) is 70.5 Å². The van der Waals surface area contributed by atoms with Gasteiger partial charge in [-0.15, -0.1) is 0 Å². The molecule has 1 unspecified atom stereocenters. The number of nitrogens with zero attached hydrogens (tertiary/aromatic N) is 6. The minimum atomic E-state index is -1.13. The van der Waals surface area contributed by atoms with Crippen molar-refractivity contribution in [1.82, 2.24) is 24.8 Å². The van der Waals surface area contributed by atoms with Gasteiger partial charge in [0.05, 0.1) is 6.20 Å². The molecule has 0 aromatic carbocycles. The fraction of sp³-hybridized carbons (Fsp3) is 0.560. The Morgan fingerprint density at radius 1 is 1.09 bits per heavy atom. The second-order valence-corrected chi connectivity index (χ2v) is 9.52. The number of carbonyl (C=O) groups excluding carboxylic acids is 2. The van der Waals surface area contributed by atoms with E-state index in [-0.39, 0.29) is 17.7 Å². The van der Waals surface area contributed by atoms with Gasteiger partial charge in [-0.1, -0.05) is 25.8 Å². The molecule has 2 fully saturated rings. The first-order valence-electron chi connectivity index (χ1n) is 12.6. The summed E-state index contributed by atoms with van der Waals surface area (Å²) in [5.41, 5.74) is 1.16. The van der Waals surface area contributed by atoms with Crippen molar-refractivity contribution in [3.63, 3.8) is 0 Å². The van der Waals surface area contributed by atoms with E-state index in [2.05, 4.69) is 43.1 Å². The summed E-state index contributed by atoms with van der Waals surface area (Å²) in [6.45, 7) is 9.92. The van der Waals surface area contributed by atoms with Crippen LogP contribution in [-0.2, 0) is 16.1 Å². The minimum absolute atomic E-state index is 0.0198. The molecule has 1 amide bonds. The molecule has 1 N–H and O–H groups in total. The predicted octanol–water partition coefficient (Wildman–Crippen LogP) is 2.38. The SMILES string of the molecule is CCN1CCN(Cc2ccc(Nc3ncc4c(n3)N(C3CCCC3)C(=O)C(C(C)=O)O4)nc2)CC1. The Hall–Kier alpha value is -3.11. The van der Waals surface area contributed by atoms with Crippen molar-refractivity contribution in [3.8, 4) is 5.75 Å². The molecule has 0 radical (unpaired) electrons. The van der Waals surface area contributed by atoms with Crippen LogP contribution in [0.4, 0.5) is 17.6 Å². The highest BCUT2D eigenvalue weighted by atomic mass is 16.5. The zero-order chi connectivity index (χ0) is 24.4. The van der Waals surface area contributed by atoms with Crippen molar-refractivity contribution in [2.45, 2.75) is 58.2 Å². The number of fused-ring (bicyclic) bond motifs is 1. The number of carbonyl (C=O) groups is 2. The molecule has 2 aromatic rings. The molecule has 1 atom stereocenters. The number of ketones is 1. The summed E-state index contributed by atoms with van der Waals surface area (Å²) in [5.74, 6) is 1.07. The normalized spacial score (nSPS) is 21.6. The van der Waals surface area contributed by atoms with Crippen LogP contribution in [0.25, 0.3) is 0 Å². The van der Waals surface area contributed by atoms with Crippen LogP contribution in [0.15, 0.2) is 24.5 Å². The highest BCUT2D eigenvalue weighted by Crippen LogP contribution is 2.38. The molecule has 1 aliphatic carbocycles. The van der Waals surface area contributed by atoms with Gasteiger partial charge in [-0.3, -0.25) is 19.4 Å². The van der Waals surface area contributed by atoms with Gasteiger partial charge in [-0.25, -0.2) is 9.97 Å². The number of Topliss-reactive ketones (excluding diaryl/α,β-unsaturated/α-hetero) is 1. The summed E-state index contributed by atoms with van der Waals surface area (Å²) in [6, 6.07) is 4.00. The zero-order valence-corrected chi connectivity index (χ0v) is 20.4. The number of aromatic nitrogens is 3. The summed E-state index contributed by atoms with van der Waals surface area (Å²) >= 11 is 0. The van der Waals surface area contributed by atoms with Gasteiger partial charge in [0.15, 0.2) is 17.4 Å². The summed E-state index contributed by atoms with van der Waals surface area (Å²) < 4.78 is 5.69. The van der Waals surface area contributed by atoms with Crippen molar-refractivity contribution < 1.29 is 14.3 Å². The number of likely N-dealkylation sites (N-methyl/N-ethyl adjacent to an activating group) is 1. The number of nitrogens with one attached hydrogen (secondary N) is 1. The van der Waals surface area contributed by atoms with Crippen molar-refractivity contribution in [3.05, 3.63) is 30.1 Å². The fourth-order valence-corrected chi connectivity index (χ4v) is 5.09. The van der Waals surface area contributed by atoms with E-state index in [1.165, 1.54) is 13.1 Å². The van der Waals surface area contributed by atoms with Crippen molar-refractivity contribution in [1.29, 1.82) is 0 Å². The third kappa shape index (κ3) is 5.13. The van der Waals surface area contributed by atoms with E-state index in [4.69, 9.17) is 4.74 Å². The lowest BCUT2D eigenvalue weighted by Crippen LogP contribution is -2.53. The number of piperazine rings is 1. The lowest BCUT2D eigenvalue weighted by molar-refractivity contribution is -0.136. The Morgan fingerprint density at radius 2 is 1.83 bits per heavy atom. The number of rotatable bonds is 7. The van der Waals surface area contributed by atoms with Crippen molar-refractivity contribution in [2.24, 2.45) is 0 Å². The molecule has 35 heavy (non-hydrogen) atoms. The largest absolute Gasteiger partial charge is 0.467 e. The van der Waals surface area contributed by atoms with Crippen LogP contribution in [0.5, 0.6) is 5.75 Å². The highest BCUT2D eigenvalue weighted by Gasteiger charge is 2.42. The molecule has 10 nitrogen and oxygen atoms in total. The van der Waals surface area contributed by atoms with Gasteiger partial charge in [-0.2, -0.15) is 4.98 Å². The second kappa shape index (κ2) is 10.2. The van der Waals surface area contributed by atoms with E-state index in [0.29, 0.717) is 23.3 Å². The van der Waals surface area contributed by atoms with Crippen LogP contribution < -0.4 is 15.0 Å². The molecular weight excluding hydrogens is 446 g/mol. The molecule has 0 bridgehead atoms. The van der Waals surface area contributed by atoms with Crippen LogP contribution in [0.2, 0.25) is 0 Å². The second-order valence-electron chi connectivity index (χ2n) is 9.52. The first kappa shape index (κ1) is 23.6. The van der Waals surface area contributed by atoms with Crippen LogP contribution in [0, 0.1) is 0 Å². The average molecular weight is 480 g/mol. The summed E-state index contributed by atoms with van der Waals surface area (Å²) in [4.78, 5) is 45.2. The lowest BCUT2D eigenvalue weighted by atomic mass is 10.1. The zero-order valence-electron chi connectivity index (χ0n) is 20.4. The topological polar surface area (TPSA) is 104 Å². The minimum Gasteiger partial charge on any atom is -0.467 e. The molecule has 2 aliphatic heterocycles. The Labute approximate surface area is 205 Å². The maximum atomic E-state index is 13.1. The number of anilines is 3. The van der Waals surface area contributed by atoms with Gasteiger partial charge in [0.2, 0.25) is 12.1 Å². The Kier molecular flexibility index (Phi) is 6.92. The third-order valence-electron chi connectivity index (χ3n) is 7.11. The molecule has 3 aliphatic rings. The summed E-state index contributed by atoms with van der Waals surface area (Å²) in [7, 11) is 0. The van der Waals surface area contributed by atoms with Gasteiger partial charge in [0.1, 0.15) is 5.82 Å². The van der Waals surface area contributed by atoms with Gasteiger partial charge in [0.25, 0.3) is 5.91 Å². The van der Waals surface area contributed by atoms with Crippen LogP contribution in [0.3, 0.4) is 0 Å². The van der Waals surface area contributed by atoms with E-state index in [9.17, 15) is 9.59 Å². The molecule has 10 heteroatoms. The molecule has 0 spiro atoms. The highest BCUT2D eigenvalue weighted by molar-refractivity contribution is 6.12. The number of ether oxygens (including phenoxy) is 1. The lowest BCUT2D eigenvalue weighted by Gasteiger charge is -2.35. The molecule has 186 valence electrons. The van der Waals surface area contributed by atoms with E-state index < -0.39 is 6.10 Å². The first-order valence-corrected chi connectivity index (χ1v) is 12.6. The molecule has 5 rings (SSSR count). The Balaban J connectivity index is 1.29. The average Bonchev–Trinajstić information content (AvgIpc) is 3.39. The van der Waals surface area contributed by atoms with E-state index in [1.54, 1.807) is 4.90 Å². The number of hydrogen-bond acceptors (Lipinski definition) is 9.